The second-order valence-corrected chi connectivity index (χ2v) is 6.72. The van der Waals surface area contributed by atoms with Gasteiger partial charge in [0.2, 0.25) is 0 Å². The Kier molecular flexibility index (Phi) is 3.11. The summed E-state index contributed by atoms with van der Waals surface area (Å²) in [4.78, 5) is 11.9. The largest absolute Gasteiger partial charge is 0.385 e. The Morgan fingerprint density at radius 3 is 2.71 bits per heavy atom. The third-order valence-corrected chi connectivity index (χ3v) is 5.06. The van der Waals surface area contributed by atoms with Crippen LogP contribution in [0.5, 0.6) is 0 Å². The number of rotatable bonds is 2. The maximum Gasteiger partial charge on any atom is 0.162 e. The van der Waals surface area contributed by atoms with Gasteiger partial charge in [0.15, 0.2) is 5.78 Å². The maximum absolute atomic E-state index is 11.9. The number of carbonyl (C=O) groups excluding carboxylic acids is 1. The first-order valence-electron chi connectivity index (χ1n) is 6.55. The van der Waals surface area contributed by atoms with E-state index < -0.39 is 6.10 Å². The Hall–Kier alpha value is -0.410. The molecule has 0 saturated heterocycles. The SMILES string of the molecule is COC(C)(C)[C@@H]1CC[C@]2(C)CC(=O)C(O)[C@H]1C2. The zero-order valence-corrected chi connectivity index (χ0v) is 11.3. The quantitative estimate of drug-likeness (QED) is 0.804. The zero-order chi connectivity index (χ0) is 12.8. The lowest BCUT2D eigenvalue weighted by Gasteiger charge is -2.52. The van der Waals surface area contributed by atoms with Gasteiger partial charge in [-0.15, -0.1) is 0 Å². The van der Waals surface area contributed by atoms with Gasteiger partial charge in [0.05, 0.1) is 5.60 Å². The van der Waals surface area contributed by atoms with E-state index in [4.69, 9.17) is 4.74 Å². The first-order valence-corrected chi connectivity index (χ1v) is 6.55. The van der Waals surface area contributed by atoms with E-state index >= 15 is 0 Å². The van der Waals surface area contributed by atoms with Gasteiger partial charge in [0, 0.05) is 13.5 Å². The van der Waals surface area contributed by atoms with Gasteiger partial charge < -0.3 is 9.84 Å². The van der Waals surface area contributed by atoms with E-state index in [-0.39, 0.29) is 28.6 Å². The molecule has 2 saturated carbocycles. The standard InChI is InChI=1S/C14H24O3/c1-13(2,17-4)10-5-6-14(3)7-9(10)12(16)11(15)8-14/h9-10,12,16H,5-8H2,1-4H3/t9-,10+,12?,14-/m0/s1. The molecule has 2 fully saturated rings. The molecule has 1 unspecified atom stereocenters. The molecule has 3 nitrogen and oxygen atoms in total. The third-order valence-electron chi connectivity index (χ3n) is 5.06. The van der Waals surface area contributed by atoms with Crippen LogP contribution in [-0.2, 0) is 9.53 Å². The van der Waals surface area contributed by atoms with Crippen molar-refractivity contribution >= 4 is 5.78 Å². The van der Waals surface area contributed by atoms with Crippen molar-refractivity contribution in [3.63, 3.8) is 0 Å². The third kappa shape index (κ3) is 2.15. The highest BCUT2D eigenvalue weighted by atomic mass is 16.5. The van der Waals surface area contributed by atoms with Gasteiger partial charge in [-0.3, -0.25) is 4.79 Å². The van der Waals surface area contributed by atoms with Crippen LogP contribution < -0.4 is 0 Å². The average molecular weight is 240 g/mol. The minimum absolute atomic E-state index is 0.0281. The highest BCUT2D eigenvalue weighted by Gasteiger charge is 2.52. The van der Waals surface area contributed by atoms with Crippen LogP contribution in [0, 0.1) is 17.3 Å². The molecule has 98 valence electrons. The highest BCUT2D eigenvalue weighted by molar-refractivity contribution is 5.84. The number of aliphatic hydroxyl groups is 1. The zero-order valence-electron chi connectivity index (χ0n) is 11.3. The fourth-order valence-corrected chi connectivity index (χ4v) is 3.80. The number of aliphatic hydroxyl groups excluding tert-OH is 1. The lowest BCUT2D eigenvalue weighted by atomic mass is 9.55. The van der Waals surface area contributed by atoms with Gasteiger partial charge in [-0.1, -0.05) is 6.92 Å². The van der Waals surface area contributed by atoms with Crippen molar-refractivity contribution in [2.45, 2.75) is 58.2 Å². The molecular formula is C14H24O3. The van der Waals surface area contributed by atoms with Crippen LogP contribution in [0.1, 0.15) is 46.5 Å². The molecule has 0 heterocycles. The fraction of sp³-hybridized carbons (Fsp3) is 0.929. The Labute approximate surface area is 104 Å². The van der Waals surface area contributed by atoms with Gasteiger partial charge >= 0.3 is 0 Å². The number of carbonyl (C=O) groups is 1. The fourth-order valence-electron chi connectivity index (χ4n) is 3.80. The van der Waals surface area contributed by atoms with Crippen molar-refractivity contribution in [1.29, 1.82) is 0 Å². The van der Waals surface area contributed by atoms with E-state index in [0.717, 1.165) is 19.3 Å². The van der Waals surface area contributed by atoms with Gasteiger partial charge in [-0.25, -0.2) is 0 Å². The minimum Gasteiger partial charge on any atom is -0.385 e. The van der Waals surface area contributed by atoms with Gasteiger partial charge in [0.25, 0.3) is 0 Å². The monoisotopic (exact) mass is 240 g/mol. The summed E-state index contributed by atoms with van der Waals surface area (Å²) in [5.74, 6) is 0.380. The summed E-state index contributed by atoms with van der Waals surface area (Å²) in [5, 5.41) is 10.1. The summed E-state index contributed by atoms with van der Waals surface area (Å²) in [6.45, 7) is 6.30. The van der Waals surface area contributed by atoms with Crippen LogP contribution in [0.15, 0.2) is 0 Å². The molecule has 3 heteroatoms. The first-order chi connectivity index (χ1) is 7.79. The van der Waals surface area contributed by atoms with E-state index in [1.54, 1.807) is 7.11 Å². The molecule has 0 aromatic heterocycles. The molecule has 2 aliphatic carbocycles. The Morgan fingerprint density at radius 2 is 2.12 bits per heavy atom. The highest BCUT2D eigenvalue weighted by Crippen LogP contribution is 2.52. The van der Waals surface area contributed by atoms with Crippen molar-refractivity contribution < 1.29 is 14.6 Å². The molecule has 2 aliphatic rings. The molecule has 2 rings (SSSR count). The summed E-state index contributed by atoms with van der Waals surface area (Å²) in [6, 6.07) is 0. The Morgan fingerprint density at radius 1 is 1.47 bits per heavy atom. The molecule has 4 atom stereocenters. The predicted octanol–water partition coefficient (Wildman–Crippen LogP) is 2.17. The first kappa shape index (κ1) is 13.0. The van der Waals surface area contributed by atoms with Crippen molar-refractivity contribution in [3.8, 4) is 0 Å². The number of ketones is 1. The van der Waals surface area contributed by atoms with Crippen LogP contribution in [0.25, 0.3) is 0 Å². The molecule has 0 aliphatic heterocycles. The minimum atomic E-state index is -0.775. The topological polar surface area (TPSA) is 46.5 Å². The second-order valence-electron chi connectivity index (χ2n) is 6.72. The van der Waals surface area contributed by atoms with Crippen LogP contribution >= 0.6 is 0 Å². The van der Waals surface area contributed by atoms with Gasteiger partial charge in [-0.2, -0.15) is 0 Å². The second kappa shape index (κ2) is 4.06. The number of ether oxygens (including phenoxy) is 1. The molecule has 17 heavy (non-hydrogen) atoms. The van der Waals surface area contributed by atoms with E-state index in [1.807, 2.05) is 0 Å². The summed E-state index contributed by atoms with van der Waals surface area (Å²) in [6.07, 6.45) is 2.84. The van der Waals surface area contributed by atoms with Crippen molar-refractivity contribution in [1.82, 2.24) is 0 Å². The molecule has 0 aromatic carbocycles. The number of hydrogen-bond donors (Lipinski definition) is 1. The average Bonchev–Trinajstić information content (AvgIpc) is 2.25. The Bertz CT molecular complexity index is 323. The van der Waals surface area contributed by atoms with Crippen molar-refractivity contribution in [2.24, 2.45) is 17.3 Å². The van der Waals surface area contributed by atoms with Crippen LogP contribution in [-0.4, -0.2) is 29.7 Å². The molecule has 0 radical (unpaired) electrons. The van der Waals surface area contributed by atoms with E-state index in [1.165, 1.54) is 0 Å². The molecular weight excluding hydrogens is 216 g/mol. The molecule has 1 N–H and O–H groups in total. The number of fused-ring (bicyclic) bond motifs is 2. The van der Waals surface area contributed by atoms with Crippen molar-refractivity contribution in [2.75, 3.05) is 7.11 Å². The molecule has 0 aromatic rings. The lowest BCUT2D eigenvalue weighted by Crippen LogP contribution is -2.54. The summed E-state index contributed by atoms with van der Waals surface area (Å²) in [7, 11) is 1.71. The summed E-state index contributed by atoms with van der Waals surface area (Å²) < 4.78 is 5.56. The normalized spacial score (nSPS) is 42.6. The van der Waals surface area contributed by atoms with Gasteiger partial charge in [-0.05, 0) is 50.4 Å². The lowest BCUT2D eigenvalue weighted by molar-refractivity contribution is -0.157. The molecule has 2 bridgehead atoms. The predicted molar refractivity (Wildman–Crippen MR) is 65.7 cm³/mol. The van der Waals surface area contributed by atoms with Crippen LogP contribution in [0.3, 0.4) is 0 Å². The van der Waals surface area contributed by atoms with Gasteiger partial charge in [0.1, 0.15) is 6.10 Å². The maximum atomic E-state index is 11.9. The molecule has 0 spiro atoms. The summed E-state index contributed by atoms with van der Waals surface area (Å²) in [5.41, 5.74) is -0.147. The number of methoxy groups -OCH3 is 1. The van der Waals surface area contributed by atoms with E-state index in [9.17, 15) is 9.90 Å². The number of Topliss-reactive ketones (excluding diaryl/α,β-unsaturated/α-hetero) is 1. The Balaban J connectivity index is 2.26. The smallest absolute Gasteiger partial charge is 0.162 e. The summed E-state index contributed by atoms with van der Waals surface area (Å²) >= 11 is 0. The van der Waals surface area contributed by atoms with Crippen LogP contribution in [0.2, 0.25) is 0 Å². The van der Waals surface area contributed by atoms with E-state index in [2.05, 4.69) is 20.8 Å². The number of hydrogen-bond acceptors (Lipinski definition) is 3. The van der Waals surface area contributed by atoms with Crippen LogP contribution in [0.4, 0.5) is 0 Å². The van der Waals surface area contributed by atoms with Crippen molar-refractivity contribution in [3.05, 3.63) is 0 Å². The van der Waals surface area contributed by atoms with E-state index in [0.29, 0.717) is 6.42 Å². The molecule has 0 amide bonds.